The van der Waals surface area contributed by atoms with Crippen LogP contribution in [-0.4, -0.2) is 15.2 Å². The van der Waals surface area contributed by atoms with Crippen LogP contribution in [0.25, 0.3) is 34.0 Å². The van der Waals surface area contributed by atoms with E-state index < -0.39 is 22.9 Å². The molecule has 0 aliphatic heterocycles. The summed E-state index contributed by atoms with van der Waals surface area (Å²) in [5, 5.41) is 15.6. The maximum Gasteiger partial charge on any atom is 0.417 e. The van der Waals surface area contributed by atoms with Gasteiger partial charge >= 0.3 is 6.18 Å². The number of hydrogen-bond donors (Lipinski definition) is 1. The number of benzene rings is 3. The third-order valence-corrected chi connectivity index (χ3v) is 5.97. The van der Waals surface area contributed by atoms with E-state index in [1.165, 1.54) is 18.2 Å². The minimum absolute atomic E-state index is 0.00544. The molecule has 0 bridgehead atoms. The Morgan fingerprint density at radius 2 is 1.47 bits per heavy atom. The first-order valence-electron chi connectivity index (χ1n) is 10.2. The normalized spacial score (nSPS) is 12.2. The molecule has 1 heterocycles. The van der Waals surface area contributed by atoms with Crippen LogP contribution in [0.4, 0.5) is 13.2 Å². The topological polar surface area (TPSA) is 59.2 Å². The molecule has 0 radical (unpaired) electrons. The van der Waals surface area contributed by atoms with Crippen molar-refractivity contribution in [3.05, 3.63) is 75.8 Å². The fourth-order valence-corrected chi connectivity index (χ4v) is 4.11. The van der Waals surface area contributed by atoms with Gasteiger partial charge in [0.05, 0.1) is 26.7 Å². The Balaban J connectivity index is 1.96. The Bertz CT molecular complexity index is 1360. The summed E-state index contributed by atoms with van der Waals surface area (Å²) < 4.78 is 46.6. The number of aromatic hydroxyl groups is 1. The second-order valence-corrected chi connectivity index (χ2v) is 9.55. The van der Waals surface area contributed by atoms with Gasteiger partial charge in [-0.25, -0.2) is 0 Å². The van der Waals surface area contributed by atoms with Crippen LogP contribution in [0.5, 0.6) is 5.75 Å². The number of alkyl halides is 3. The van der Waals surface area contributed by atoms with Gasteiger partial charge in [0.2, 0.25) is 5.82 Å². The highest BCUT2D eigenvalue weighted by atomic mass is 35.5. The zero-order chi connectivity index (χ0) is 24.8. The van der Waals surface area contributed by atoms with Crippen LogP contribution in [0.15, 0.2) is 59.1 Å². The number of phenols is 1. The summed E-state index contributed by atoms with van der Waals surface area (Å²) >= 11 is 12.5. The highest BCUT2D eigenvalue weighted by molar-refractivity contribution is 6.38. The number of aromatic nitrogens is 2. The lowest BCUT2D eigenvalue weighted by Crippen LogP contribution is -2.12. The Kier molecular flexibility index (Phi) is 6.12. The van der Waals surface area contributed by atoms with Gasteiger partial charge in [-0.2, -0.15) is 18.2 Å². The number of phenolic OH excluding ortho intramolecular Hbond substituents is 1. The molecule has 176 valence electrons. The van der Waals surface area contributed by atoms with Crippen molar-refractivity contribution in [1.82, 2.24) is 10.1 Å². The molecule has 3 aromatic carbocycles. The molecule has 34 heavy (non-hydrogen) atoms. The maximum absolute atomic E-state index is 13.7. The first kappa shape index (κ1) is 24.1. The van der Waals surface area contributed by atoms with Gasteiger partial charge in [-0.1, -0.05) is 73.4 Å². The first-order chi connectivity index (χ1) is 15.9. The number of halogens is 5. The molecule has 0 unspecified atom stereocenters. The average molecular weight is 507 g/mol. The molecule has 0 saturated carbocycles. The standard InChI is InChI=1S/C25H19Cl2F3N2O2/c1-24(2,3)13-11-15(14-7-4-5-8-17(14)25(28,29)30)21(33)16(12-13)23-31-22(32-34-23)20-18(26)9-6-10-19(20)27/h4-12,33H,1-3H3. The summed E-state index contributed by atoms with van der Waals surface area (Å²) in [6.07, 6.45) is -4.61. The van der Waals surface area contributed by atoms with Crippen molar-refractivity contribution in [2.45, 2.75) is 32.4 Å². The van der Waals surface area contributed by atoms with Crippen LogP contribution >= 0.6 is 23.2 Å². The molecule has 4 nitrogen and oxygen atoms in total. The molecule has 0 spiro atoms. The molecule has 1 aromatic heterocycles. The number of rotatable bonds is 3. The summed E-state index contributed by atoms with van der Waals surface area (Å²) in [6, 6.07) is 13.1. The zero-order valence-corrected chi connectivity index (χ0v) is 19.8. The number of hydrogen-bond acceptors (Lipinski definition) is 4. The molecule has 4 rings (SSSR count). The van der Waals surface area contributed by atoms with E-state index in [0.29, 0.717) is 21.2 Å². The molecule has 4 aromatic rings. The van der Waals surface area contributed by atoms with Crippen molar-refractivity contribution in [1.29, 1.82) is 0 Å². The van der Waals surface area contributed by atoms with E-state index in [-0.39, 0.29) is 28.4 Å². The van der Waals surface area contributed by atoms with E-state index in [9.17, 15) is 18.3 Å². The maximum atomic E-state index is 13.7. The second kappa shape index (κ2) is 8.64. The summed E-state index contributed by atoms with van der Waals surface area (Å²) in [6.45, 7) is 5.72. The largest absolute Gasteiger partial charge is 0.506 e. The monoisotopic (exact) mass is 506 g/mol. The van der Waals surface area contributed by atoms with Gasteiger partial charge in [-0.3, -0.25) is 0 Å². The van der Waals surface area contributed by atoms with Crippen LogP contribution in [0.1, 0.15) is 31.9 Å². The van der Waals surface area contributed by atoms with E-state index in [0.717, 1.165) is 6.07 Å². The van der Waals surface area contributed by atoms with E-state index >= 15 is 0 Å². The lowest BCUT2D eigenvalue weighted by molar-refractivity contribution is -0.137. The number of nitrogens with zero attached hydrogens (tertiary/aromatic N) is 2. The molecule has 0 aliphatic carbocycles. The average Bonchev–Trinajstić information content (AvgIpc) is 3.22. The van der Waals surface area contributed by atoms with Crippen molar-refractivity contribution in [3.63, 3.8) is 0 Å². The van der Waals surface area contributed by atoms with Gasteiger partial charge < -0.3 is 9.63 Å². The Morgan fingerprint density at radius 3 is 2.09 bits per heavy atom. The minimum atomic E-state index is -4.61. The van der Waals surface area contributed by atoms with Gasteiger partial charge in [-0.05, 0) is 46.9 Å². The first-order valence-corrected chi connectivity index (χ1v) is 11.0. The van der Waals surface area contributed by atoms with Gasteiger partial charge in [0.1, 0.15) is 5.75 Å². The van der Waals surface area contributed by atoms with Crippen LogP contribution in [-0.2, 0) is 11.6 Å². The summed E-state index contributed by atoms with van der Waals surface area (Å²) in [4.78, 5) is 4.33. The van der Waals surface area contributed by atoms with Gasteiger partial charge in [0.25, 0.3) is 5.89 Å². The van der Waals surface area contributed by atoms with E-state index in [1.54, 1.807) is 30.3 Å². The van der Waals surface area contributed by atoms with Gasteiger partial charge in [0, 0.05) is 5.56 Å². The van der Waals surface area contributed by atoms with E-state index in [1.807, 2.05) is 20.8 Å². The predicted molar refractivity (Wildman–Crippen MR) is 126 cm³/mol. The summed E-state index contributed by atoms with van der Waals surface area (Å²) in [7, 11) is 0. The smallest absolute Gasteiger partial charge is 0.417 e. The highest BCUT2D eigenvalue weighted by Crippen LogP contribution is 2.46. The molecule has 0 saturated heterocycles. The lowest BCUT2D eigenvalue weighted by atomic mass is 9.83. The lowest BCUT2D eigenvalue weighted by Gasteiger charge is -2.23. The Morgan fingerprint density at radius 1 is 0.853 bits per heavy atom. The zero-order valence-electron chi connectivity index (χ0n) is 18.3. The fourth-order valence-electron chi connectivity index (χ4n) is 3.55. The second-order valence-electron chi connectivity index (χ2n) is 8.73. The molecule has 9 heteroatoms. The van der Waals surface area contributed by atoms with Crippen molar-refractivity contribution < 1.29 is 22.8 Å². The molecule has 0 amide bonds. The van der Waals surface area contributed by atoms with Crippen molar-refractivity contribution in [2.75, 3.05) is 0 Å². The molecule has 1 N–H and O–H groups in total. The van der Waals surface area contributed by atoms with Crippen LogP contribution < -0.4 is 0 Å². The minimum Gasteiger partial charge on any atom is -0.506 e. The summed E-state index contributed by atoms with van der Waals surface area (Å²) in [5.74, 6) is -0.408. The van der Waals surface area contributed by atoms with Gasteiger partial charge in [-0.15, -0.1) is 0 Å². The van der Waals surface area contributed by atoms with Crippen LogP contribution in [0.2, 0.25) is 10.0 Å². The van der Waals surface area contributed by atoms with E-state index in [2.05, 4.69) is 10.1 Å². The molecule has 0 aliphatic rings. The fraction of sp³-hybridized carbons (Fsp3) is 0.200. The third-order valence-electron chi connectivity index (χ3n) is 5.34. The van der Waals surface area contributed by atoms with Crippen LogP contribution in [0.3, 0.4) is 0 Å². The van der Waals surface area contributed by atoms with Crippen molar-refractivity contribution in [2.24, 2.45) is 0 Å². The Labute approximate surface area is 204 Å². The predicted octanol–water partition coefficient (Wildman–Crippen LogP) is 8.40. The quantitative estimate of drug-likeness (QED) is 0.303. The van der Waals surface area contributed by atoms with E-state index in [4.69, 9.17) is 27.7 Å². The Hall–Kier alpha value is -3.03. The SMILES string of the molecule is CC(C)(C)c1cc(-c2nc(-c3c(Cl)cccc3Cl)no2)c(O)c(-c2ccccc2C(F)(F)F)c1. The highest BCUT2D eigenvalue weighted by Gasteiger charge is 2.35. The van der Waals surface area contributed by atoms with Crippen molar-refractivity contribution in [3.8, 4) is 39.7 Å². The molecule has 0 atom stereocenters. The molecule has 0 fully saturated rings. The third kappa shape index (κ3) is 4.50. The molecular weight excluding hydrogens is 488 g/mol. The summed E-state index contributed by atoms with van der Waals surface area (Å²) in [5.41, 5.74) is -0.366. The molecular formula is C25H19Cl2F3N2O2. The van der Waals surface area contributed by atoms with Gasteiger partial charge in [0.15, 0.2) is 0 Å². The van der Waals surface area contributed by atoms with Crippen molar-refractivity contribution >= 4 is 23.2 Å². The van der Waals surface area contributed by atoms with Crippen LogP contribution in [0, 0.1) is 0 Å².